The van der Waals surface area contributed by atoms with Crippen molar-refractivity contribution in [2.45, 2.75) is 25.0 Å². The first-order chi connectivity index (χ1) is 8.10. The van der Waals surface area contributed by atoms with Gasteiger partial charge in [-0.3, -0.25) is 10.1 Å². The Morgan fingerprint density at radius 2 is 2.24 bits per heavy atom. The molecule has 92 valence electrons. The molecular weight excluding hydrogens is 288 g/mol. The van der Waals surface area contributed by atoms with E-state index in [-0.39, 0.29) is 5.69 Å². The van der Waals surface area contributed by atoms with Gasteiger partial charge in [0.15, 0.2) is 0 Å². The van der Waals surface area contributed by atoms with Crippen molar-refractivity contribution in [3.05, 3.63) is 32.8 Å². The minimum Gasteiger partial charge on any atom is -0.382 e. The highest BCUT2D eigenvalue weighted by Gasteiger charge is 2.29. The maximum Gasteiger partial charge on any atom is 0.285 e. The number of methoxy groups -OCH3 is 1. The number of halogens is 1. The van der Waals surface area contributed by atoms with Crippen LogP contribution in [-0.4, -0.2) is 24.2 Å². The molecule has 1 N–H and O–H groups in total. The molecule has 0 amide bonds. The van der Waals surface area contributed by atoms with Gasteiger partial charge in [0.25, 0.3) is 5.69 Å². The van der Waals surface area contributed by atoms with Crippen LogP contribution in [-0.2, 0) is 4.74 Å². The molecule has 0 aromatic heterocycles. The first-order valence-corrected chi connectivity index (χ1v) is 6.12. The Kier molecular flexibility index (Phi) is 3.63. The van der Waals surface area contributed by atoms with Crippen LogP contribution < -0.4 is 5.32 Å². The van der Waals surface area contributed by atoms with E-state index in [1.165, 1.54) is 0 Å². The monoisotopic (exact) mass is 300 g/mol. The van der Waals surface area contributed by atoms with E-state index in [4.69, 9.17) is 4.74 Å². The van der Waals surface area contributed by atoms with E-state index in [0.717, 1.165) is 18.5 Å². The zero-order valence-corrected chi connectivity index (χ0v) is 10.9. The fraction of sp³-hybridized carbons (Fsp3) is 0.455. The third kappa shape index (κ3) is 2.76. The van der Waals surface area contributed by atoms with Crippen LogP contribution >= 0.6 is 15.9 Å². The standard InChI is InChI=1S/C11H13BrN2O3/c1-17-9-4-8(5-9)13-7-2-3-10(12)11(6-7)14(15)16/h2-3,6,8-9,13H,4-5H2,1H3. The number of anilines is 1. The fourth-order valence-corrected chi connectivity index (χ4v) is 2.25. The van der Waals surface area contributed by atoms with Crippen LogP contribution in [0.2, 0.25) is 0 Å². The number of ether oxygens (including phenoxy) is 1. The molecule has 17 heavy (non-hydrogen) atoms. The second-order valence-electron chi connectivity index (χ2n) is 4.09. The predicted octanol–water partition coefficient (Wildman–Crippen LogP) is 2.95. The van der Waals surface area contributed by atoms with Crippen molar-refractivity contribution in [3.63, 3.8) is 0 Å². The van der Waals surface area contributed by atoms with Crippen molar-refractivity contribution in [1.82, 2.24) is 0 Å². The number of hydrogen-bond acceptors (Lipinski definition) is 4. The molecule has 0 bridgehead atoms. The normalized spacial score (nSPS) is 22.9. The van der Waals surface area contributed by atoms with Gasteiger partial charge >= 0.3 is 0 Å². The lowest BCUT2D eigenvalue weighted by Crippen LogP contribution is -2.40. The van der Waals surface area contributed by atoms with Crippen molar-refractivity contribution in [2.24, 2.45) is 0 Å². The van der Waals surface area contributed by atoms with Gasteiger partial charge in [-0.2, -0.15) is 0 Å². The van der Waals surface area contributed by atoms with Crippen LogP contribution in [0.4, 0.5) is 11.4 Å². The van der Waals surface area contributed by atoms with Gasteiger partial charge in [-0.25, -0.2) is 0 Å². The zero-order valence-electron chi connectivity index (χ0n) is 9.35. The number of benzene rings is 1. The van der Waals surface area contributed by atoms with Gasteiger partial charge in [-0.15, -0.1) is 0 Å². The fourth-order valence-electron chi connectivity index (χ4n) is 1.85. The van der Waals surface area contributed by atoms with Crippen molar-refractivity contribution < 1.29 is 9.66 Å². The smallest absolute Gasteiger partial charge is 0.285 e. The molecule has 2 rings (SSSR count). The van der Waals surface area contributed by atoms with E-state index in [9.17, 15) is 10.1 Å². The maximum atomic E-state index is 10.8. The number of nitro benzene ring substituents is 1. The third-order valence-corrected chi connectivity index (χ3v) is 3.61. The minimum atomic E-state index is -0.395. The van der Waals surface area contributed by atoms with Crippen molar-refractivity contribution in [2.75, 3.05) is 12.4 Å². The lowest BCUT2D eigenvalue weighted by Gasteiger charge is -2.35. The average Bonchev–Trinajstić information content (AvgIpc) is 2.24. The molecule has 1 aromatic rings. The van der Waals surface area contributed by atoms with Crippen LogP contribution in [0, 0.1) is 10.1 Å². The summed E-state index contributed by atoms with van der Waals surface area (Å²) in [6, 6.07) is 5.41. The molecule has 1 aliphatic carbocycles. The molecule has 0 aliphatic heterocycles. The summed E-state index contributed by atoms with van der Waals surface area (Å²) in [5.41, 5.74) is 0.858. The van der Waals surface area contributed by atoms with E-state index in [0.29, 0.717) is 16.6 Å². The average molecular weight is 301 g/mol. The highest BCUT2D eigenvalue weighted by molar-refractivity contribution is 9.10. The van der Waals surface area contributed by atoms with Gasteiger partial charge in [-0.05, 0) is 40.9 Å². The van der Waals surface area contributed by atoms with Gasteiger partial charge in [-0.1, -0.05) is 0 Å². The number of nitrogens with one attached hydrogen (secondary N) is 1. The van der Waals surface area contributed by atoms with Gasteiger partial charge in [0, 0.05) is 24.9 Å². The third-order valence-electron chi connectivity index (χ3n) is 2.94. The second-order valence-corrected chi connectivity index (χ2v) is 4.95. The summed E-state index contributed by atoms with van der Waals surface area (Å²) in [7, 11) is 1.70. The topological polar surface area (TPSA) is 64.4 Å². The largest absolute Gasteiger partial charge is 0.382 e. The Morgan fingerprint density at radius 1 is 1.53 bits per heavy atom. The Labute approximate surface area is 107 Å². The van der Waals surface area contributed by atoms with Gasteiger partial charge in [0.05, 0.1) is 15.5 Å². The Morgan fingerprint density at radius 3 is 2.82 bits per heavy atom. The molecule has 0 heterocycles. The van der Waals surface area contributed by atoms with Gasteiger partial charge in [0.2, 0.25) is 0 Å². The van der Waals surface area contributed by atoms with Crippen LogP contribution in [0.1, 0.15) is 12.8 Å². The number of rotatable bonds is 4. The minimum absolute atomic E-state index is 0.0811. The first kappa shape index (κ1) is 12.3. The van der Waals surface area contributed by atoms with Crippen molar-refractivity contribution >= 4 is 27.3 Å². The summed E-state index contributed by atoms with van der Waals surface area (Å²) in [5, 5.41) is 14.0. The molecular formula is C11H13BrN2O3. The molecule has 1 aromatic carbocycles. The predicted molar refractivity (Wildman–Crippen MR) is 68.2 cm³/mol. The number of nitrogens with zero attached hydrogens (tertiary/aromatic N) is 1. The second kappa shape index (κ2) is 5.01. The van der Waals surface area contributed by atoms with Crippen LogP contribution in [0.15, 0.2) is 22.7 Å². The zero-order chi connectivity index (χ0) is 12.4. The van der Waals surface area contributed by atoms with E-state index in [1.807, 2.05) is 6.07 Å². The van der Waals surface area contributed by atoms with E-state index in [1.54, 1.807) is 19.2 Å². The first-order valence-electron chi connectivity index (χ1n) is 5.33. The lowest BCUT2D eigenvalue weighted by atomic mass is 9.89. The maximum absolute atomic E-state index is 10.8. The summed E-state index contributed by atoms with van der Waals surface area (Å²) in [6.45, 7) is 0. The molecule has 0 radical (unpaired) electrons. The van der Waals surface area contributed by atoms with Crippen molar-refractivity contribution in [3.8, 4) is 0 Å². The molecule has 1 aliphatic rings. The highest BCUT2D eigenvalue weighted by atomic mass is 79.9. The van der Waals surface area contributed by atoms with Gasteiger partial charge < -0.3 is 10.1 Å². The van der Waals surface area contributed by atoms with Crippen LogP contribution in [0.25, 0.3) is 0 Å². The summed E-state index contributed by atoms with van der Waals surface area (Å²) in [4.78, 5) is 10.4. The van der Waals surface area contributed by atoms with Crippen LogP contribution in [0.5, 0.6) is 0 Å². The SMILES string of the molecule is COC1CC(Nc2ccc(Br)c([N+](=O)[O-])c2)C1. The highest BCUT2D eigenvalue weighted by Crippen LogP contribution is 2.31. The Balaban J connectivity index is 2.02. The molecule has 1 fully saturated rings. The lowest BCUT2D eigenvalue weighted by molar-refractivity contribution is -0.385. The Hall–Kier alpha value is -1.14. The summed E-state index contributed by atoms with van der Waals surface area (Å²) >= 11 is 3.16. The van der Waals surface area contributed by atoms with E-state index < -0.39 is 4.92 Å². The summed E-state index contributed by atoms with van der Waals surface area (Å²) in [6.07, 6.45) is 2.21. The molecule has 0 spiro atoms. The van der Waals surface area contributed by atoms with E-state index in [2.05, 4.69) is 21.2 Å². The molecule has 0 atom stereocenters. The van der Waals surface area contributed by atoms with Crippen molar-refractivity contribution in [1.29, 1.82) is 0 Å². The van der Waals surface area contributed by atoms with Gasteiger partial charge in [0.1, 0.15) is 0 Å². The quantitative estimate of drug-likeness (QED) is 0.686. The number of nitro groups is 1. The summed E-state index contributed by atoms with van der Waals surface area (Å²) < 4.78 is 5.68. The molecule has 0 unspecified atom stereocenters. The Bertz CT molecular complexity index is 433. The number of hydrogen-bond donors (Lipinski definition) is 1. The van der Waals surface area contributed by atoms with E-state index >= 15 is 0 Å². The summed E-state index contributed by atoms with van der Waals surface area (Å²) in [5.74, 6) is 0. The van der Waals surface area contributed by atoms with Crippen LogP contribution in [0.3, 0.4) is 0 Å². The molecule has 1 saturated carbocycles. The molecule has 6 heteroatoms. The molecule has 5 nitrogen and oxygen atoms in total. The molecule has 0 saturated heterocycles.